The summed E-state index contributed by atoms with van der Waals surface area (Å²) in [6, 6.07) is 16.2. The summed E-state index contributed by atoms with van der Waals surface area (Å²) in [5.41, 5.74) is 2.57. The first kappa shape index (κ1) is 14.8. The van der Waals surface area contributed by atoms with Crippen LogP contribution < -0.4 is 5.32 Å². The summed E-state index contributed by atoms with van der Waals surface area (Å²) in [5, 5.41) is 12.4. The lowest BCUT2D eigenvalue weighted by molar-refractivity contribution is -0.112. The van der Waals surface area contributed by atoms with Crippen LogP contribution in [0.2, 0.25) is 5.02 Å². The molecule has 0 aliphatic carbocycles. The third-order valence-corrected chi connectivity index (χ3v) is 3.11. The van der Waals surface area contributed by atoms with Crippen molar-refractivity contribution in [2.45, 2.75) is 6.92 Å². The van der Waals surface area contributed by atoms with Crippen LogP contribution in [0.1, 0.15) is 11.1 Å². The molecule has 21 heavy (non-hydrogen) atoms. The van der Waals surface area contributed by atoms with Crippen molar-refractivity contribution < 1.29 is 4.79 Å². The van der Waals surface area contributed by atoms with Gasteiger partial charge in [0.05, 0.1) is 0 Å². The number of carbonyl (C=O) groups excluding carboxylic acids is 1. The molecule has 0 fully saturated rings. The van der Waals surface area contributed by atoms with E-state index in [1.54, 1.807) is 30.3 Å². The van der Waals surface area contributed by atoms with Crippen molar-refractivity contribution >= 4 is 29.3 Å². The van der Waals surface area contributed by atoms with Crippen molar-refractivity contribution in [1.82, 2.24) is 0 Å². The van der Waals surface area contributed by atoms with Crippen LogP contribution in [-0.2, 0) is 4.79 Å². The third kappa shape index (κ3) is 4.20. The number of carbonyl (C=O) groups is 1. The van der Waals surface area contributed by atoms with Crippen molar-refractivity contribution in [2.75, 3.05) is 5.32 Å². The number of aryl methyl sites for hydroxylation is 1. The molecule has 3 nitrogen and oxygen atoms in total. The Morgan fingerprint density at radius 3 is 2.33 bits per heavy atom. The summed E-state index contributed by atoms with van der Waals surface area (Å²) in [6.07, 6.45) is 1.56. The van der Waals surface area contributed by atoms with Crippen molar-refractivity contribution in [2.24, 2.45) is 0 Å². The van der Waals surface area contributed by atoms with Crippen molar-refractivity contribution in [3.63, 3.8) is 0 Å². The van der Waals surface area contributed by atoms with Crippen LogP contribution in [0.15, 0.2) is 54.1 Å². The molecule has 0 spiro atoms. The zero-order valence-corrected chi connectivity index (χ0v) is 12.2. The number of hydrogen-bond acceptors (Lipinski definition) is 2. The monoisotopic (exact) mass is 296 g/mol. The third-order valence-electron chi connectivity index (χ3n) is 2.86. The lowest BCUT2D eigenvalue weighted by Gasteiger charge is -2.04. The maximum absolute atomic E-state index is 12.1. The van der Waals surface area contributed by atoms with Crippen molar-refractivity contribution in [1.29, 1.82) is 5.26 Å². The Kier molecular flexibility index (Phi) is 4.76. The van der Waals surface area contributed by atoms with Gasteiger partial charge >= 0.3 is 0 Å². The summed E-state index contributed by atoms with van der Waals surface area (Å²) in [5.74, 6) is -0.444. The molecule has 0 atom stereocenters. The Morgan fingerprint density at radius 1 is 1.14 bits per heavy atom. The molecule has 0 bridgehead atoms. The first-order valence-electron chi connectivity index (χ1n) is 6.34. The van der Waals surface area contributed by atoms with E-state index in [2.05, 4.69) is 5.32 Å². The molecule has 0 radical (unpaired) electrons. The number of amides is 1. The highest BCUT2D eigenvalue weighted by atomic mass is 35.5. The summed E-state index contributed by atoms with van der Waals surface area (Å²) in [4.78, 5) is 12.1. The van der Waals surface area contributed by atoms with Crippen molar-refractivity contribution in [3.8, 4) is 6.07 Å². The van der Waals surface area contributed by atoms with Gasteiger partial charge < -0.3 is 5.32 Å². The van der Waals surface area contributed by atoms with Gasteiger partial charge in [-0.2, -0.15) is 5.26 Å². The number of rotatable bonds is 3. The summed E-state index contributed by atoms with van der Waals surface area (Å²) in [6.45, 7) is 1.98. The van der Waals surface area contributed by atoms with Gasteiger partial charge in [-0.15, -0.1) is 0 Å². The van der Waals surface area contributed by atoms with Crippen LogP contribution in [0.25, 0.3) is 6.08 Å². The second-order valence-electron chi connectivity index (χ2n) is 4.54. The molecule has 1 N–H and O–H groups in total. The van der Waals surface area contributed by atoms with Gasteiger partial charge in [-0.3, -0.25) is 4.79 Å². The number of benzene rings is 2. The fourth-order valence-electron chi connectivity index (χ4n) is 1.71. The molecule has 0 aliphatic rings. The van der Waals surface area contributed by atoms with Gasteiger partial charge in [-0.05, 0) is 42.8 Å². The Morgan fingerprint density at radius 2 is 1.76 bits per heavy atom. The van der Waals surface area contributed by atoms with Gasteiger partial charge in [0, 0.05) is 10.7 Å². The van der Waals surface area contributed by atoms with E-state index in [9.17, 15) is 4.79 Å². The number of anilines is 1. The first-order chi connectivity index (χ1) is 10.1. The SMILES string of the molecule is Cc1ccc(C=C(C#N)C(=O)Nc2ccc(Cl)cc2)cc1. The highest BCUT2D eigenvalue weighted by Gasteiger charge is 2.09. The van der Waals surface area contributed by atoms with Crippen LogP contribution in [0.5, 0.6) is 0 Å². The van der Waals surface area contributed by atoms with Gasteiger partial charge in [0.1, 0.15) is 11.6 Å². The summed E-state index contributed by atoms with van der Waals surface area (Å²) >= 11 is 5.78. The van der Waals surface area contributed by atoms with Gasteiger partial charge in [0.25, 0.3) is 5.91 Å². The molecule has 2 rings (SSSR count). The zero-order chi connectivity index (χ0) is 15.2. The van der Waals surface area contributed by atoms with Crippen LogP contribution in [0.3, 0.4) is 0 Å². The molecule has 0 aliphatic heterocycles. The average Bonchev–Trinajstić information content (AvgIpc) is 2.49. The standard InChI is InChI=1S/C17H13ClN2O/c1-12-2-4-13(5-3-12)10-14(11-19)17(21)20-16-8-6-15(18)7-9-16/h2-10H,1H3,(H,20,21). The maximum atomic E-state index is 12.1. The Bertz CT molecular complexity index is 710. The van der Waals surface area contributed by atoms with E-state index < -0.39 is 5.91 Å². The van der Waals surface area contributed by atoms with Crippen LogP contribution in [-0.4, -0.2) is 5.91 Å². The molecular formula is C17H13ClN2O. The zero-order valence-electron chi connectivity index (χ0n) is 11.4. The number of hydrogen-bond donors (Lipinski definition) is 1. The molecule has 1 amide bonds. The number of nitrogens with one attached hydrogen (secondary N) is 1. The molecule has 0 saturated carbocycles. The van der Waals surface area contributed by atoms with E-state index in [4.69, 9.17) is 16.9 Å². The minimum Gasteiger partial charge on any atom is -0.321 e. The quantitative estimate of drug-likeness (QED) is 0.682. The van der Waals surface area contributed by atoms with Crippen LogP contribution >= 0.6 is 11.6 Å². The van der Waals surface area contributed by atoms with E-state index >= 15 is 0 Å². The molecular weight excluding hydrogens is 284 g/mol. The molecule has 2 aromatic carbocycles. The molecule has 0 unspecified atom stereocenters. The topological polar surface area (TPSA) is 52.9 Å². The van der Waals surface area contributed by atoms with E-state index in [-0.39, 0.29) is 5.57 Å². The fraction of sp³-hybridized carbons (Fsp3) is 0.0588. The van der Waals surface area contributed by atoms with E-state index in [0.717, 1.165) is 11.1 Å². The highest BCUT2D eigenvalue weighted by molar-refractivity contribution is 6.30. The van der Waals surface area contributed by atoms with E-state index in [1.165, 1.54) is 0 Å². The summed E-state index contributed by atoms with van der Waals surface area (Å²) in [7, 11) is 0. The largest absolute Gasteiger partial charge is 0.321 e. The van der Waals surface area contributed by atoms with Gasteiger partial charge in [0.2, 0.25) is 0 Å². The molecule has 4 heteroatoms. The Balaban J connectivity index is 2.17. The number of halogens is 1. The number of nitriles is 1. The molecule has 0 saturated heterocycles. The second kappa shape index (κ2) is 6.74. The molecule has 0 aromatic heterocycles. The lowest BCUT2D eigenvalue weighted by atomic mass is 10.1. The smallest absolute Gasteiger partial charge is 0.266 e. The van der Waals surface area contributed by atoms with Crippen LogP contribution in [0, 0.1) is 18.3 Å². The lowest BCUT2D eigenvalue weighted by Crippen LogP contribution is -2.13. The highest BCUT2D eigenvalue weighted by Crippen LogP contribution is 2.15. The van der Waals surface area contributed by atoms with E-state index in [1.807, 2.05) is 37.3 Å². The second-order valence-corrected chi connectivity index (χ2v) is 4.98. The normalized spacial score (nSPS) is 10.8. The summed E-state index contributed by atoms with van der Waals surface area (Å²) < 4.78 is 0. The Labute approximate surface area is 128 Å². The molecule has 2 aromatic rings. The molecule has 0 heterocycles. The van der Waals surface area contributed by atoms with Gasteiger partial charge in [0.15, 0.2) is 0 Å². The van der Waals surface area contributed by atoms with E-state index in [0.29, 0.717) is 10.7 Å². The Hall–Kier alpha value is -2.57. The molecule has 104 valence electrons. The average molecular weight is 297 g/mol. The number of nitrogens with zero attached hydrogens (tertiary/aromatic N) is 1. The van der Waals surface area contributed by atoms with Crippen LogP contribution in [0.4, 0.5) is 5.69 Å². The predicted octanol–water partition coefficient (Wildman–Crippen LogP) is 4.19. The fourth-order valence-corrected chi connectivity index (χ4v) is 1.84. The van der Waals surface area contributed by atoms with Gasteiger partial charge in [-0.1, -0.05) is 41.4 Å². The predicted molar refractivity (Wildman–Crippen MR) is 84.9 cm³/mol. The van der Waals surface area contributed by atoms with Crippen molar-refractivity contribution in [3.05, 3.63) is 70.3 Å². The van der Waals surface area contributed by atoms with Gasteiger partial charge in [-0.25, -0.2) is 0 Å². The maximum Gasteiger partial charge on any atom is 0.266 e. The first-order valence-corrected chi connectivity index (χ1v) is 6.71. The minimum absolute atomic E-state index is 0.0498. The minimum atomic E-state index is -0.444.